The normalized spacial score (nSPS) is 30.5. The molecule has 1 aromatic carbocycles. The highest BCUT2D eigenvalue weighted by atomic mass is 32.1. The zero-order valence-corrected chi connectivity index (χ0v) is 12.1. The fourth-order valence-electron chi connectivity index (χ4n) is 4.10. The maximum atomic E-state index is 4.78. The number of hydrogen-bond acceptors (Lipinski definition) is 3. The number of likely N-dealkylation sites (N-methyl/N-ethyl adjacent to an activating group) is 1. The third-order valence-corrected chi connectivity index (χ3v) is 6.10. The summed E-state index contributed by atoms with van der Waals surface area (Å²) in [6.45, 7) is 0. The second kappa shape index (κ2) is 4.57. The van der Waals surface area contributed by atoms with E-state index in [4.69, 9.17) is 4.98 Å². The van der Waals surface area contributed by atoms with Gasteiger partial charge >= 0.3 is 0 Å². The zero-order chi connectivity index (χ0) is 12.8. The van der Waals surface area contributed by atoms with Gasteiger partial charge < -0.3 is 5.32 Å². The molecule has 0 radical (unpaired) electrons. The lowest BCUT2D eigenvalue weighted by molar-refractivity contribution is 0.428. The lowest BCUT2D eigenvalue weighted by Crippen LogP contribution is -2.31. The number of rotatable bonds is 4. The summed E-state index contributed by atoms with van der Waals surface area (Å²) in [4.78, 5) is 4.78. The molecular weight excluding hydrogens is 252 g/mol. The molecule has 100 valence electrons. The molecule has 0 bridgehead atoms. The maximum absolute atomic E-state index is 4.78. The number of thiazole rings is 1. The first-order valence-corrected chi connectivity index (χ1v) is 8.20. The molecule has 1 N–H and O–H groups in total. The van der Waals surface area contributed by atoms with Gasteiger partial charge in [0.1, 0.15) is 0 Å². The number of nitrogens with one attached hydrogen (secondary N) is 1. The van der Waals surface area contributed by atoms with Crippen LogP contribution in [0.1, 0.15) is 24.3 Å². The highest BCUT2D eigenvalue weighted by molar-refractivity contribution is 7.18. The fourth-order valence-corrected chi connectivity index (χ4v) is 5.13. The predicted molar refractivity (Wildman–Crippen MR) is 80.5 cm³/mol. The summed E-state index contributed by atoms with van der Waals surface area (Å²) in [5, 5.41) is 4.85. The number of fused-ring (bicyclic) bond motifs is 2. The molecule has 0 saturated heterocycles. The number of para-hydroxylation sites is 1. The van der Waals surface area contributed by atoms with Crippen molar-refractivity contribution in [1.82, 2.24) is 10.3 Å². The molecule has 1 aromatic heterocycles. The van der Waals surface area contributed by atoms with E-state index in [0.717, 1.165) is 29.7 Å². The largest absolute Gasteiger partial charge is 0.316 e. The van der Waals surface area contributed by atoms with Gasteiger partial charge in [0, 0.05) is 12.5 Å². The summed E-state index contributed by atoms with van der Waals surface area (Å²) < 4.78 is 1.32. The van der Waals surface area contributed by atoms with Crippen LogP contribution in [0.25, 0.3) is 10.2 Å². The number of hydrogen-bond donors (Lipinski definition) is 1. The van der Waals surface area contributed by atoms with Crippen molar-refractivity contribution in [3.8, 4) is 0 Å². The van der Waals surface area contributed by atoms with Crippen LogP contribution >= 0.6 is 11.3 Å². The van der Waals surface area contributed by atoms with E-state index in [1.165, 1.54) is 29.0 Å². The van der Waals surface area contributed by atoms with E-state index in [1.54, 1.807) is 0 Å². The predicted octanol–water partition coefficient (Wildman–Crippen LogP) is 3.47. The third-order valence-electron chi connectivity index (χ3n) is 5.04. The molecular formula is C16H20N2S. The van der Waals surface area contributed by atoms with E-state index in [2.05, 4.69) is 36.6 Å². The van der Waals surface area contributed by atoms with Gasteiger partial charge in [-0.3, -0.25) is 0 Å². The van der Waals surface area contributed by atoms with Crippen LogP contribution in [0.15, 0.2) is 24.3 Å². The first-order chi connectivity index (χ1) is 9.36. The van der Waals surface area contributed by atoms with Crippen LogP contribution in [-0.4, -0.2) is 18.1 Å². The summed E-state index contributed by atoms with van der Waals surface area (Å²) in [6, 6.07) is 9.11. The molecule has 2 aromatic rings. The lowest BCUT2D eigenvalue weighted by atomic mass is 10.0. The van der Waals surface area contributed by atoms with Crippen molar-refractivity contribution < 1.29 is 0 Å². The minimum absolute atomic E-state index is 0.635. The SMILES string of the molecule is CNC(Cc1nc2ccccc2s1)C1C2CCCC21. The Morgan fingerprint density at radius 1 is 1.32 bits per heavy atom. The monoisotopic (exact) mass is 272 g/mol. The molecule has 0 aliphatic heterocycles. The minimum Gasteiger partial charge on any atom is -0.316 e. The third kappa shape index (κ3) is 2.00. The van der Waals surface area contributed by atoms with Crippen LogP contribution in [0.3, 0.4) is 0 Å². The minimum atomic E-state index is 0.635. The number of nitrogens with zero attached hydrogens (tertiary/aromatic N) is 1. The van der Waals surface area contributed by atoms with Crippen molar-refractivity contribution in [2.45, 2.75) is 31.7 Å². The van der Waals surface area contributed by atoms with Crippen LogP contribution in [0.2, 0.25) is 0 Å². The highest BCUT2D eigenvalue weighted by Crippen LogP contribution is 2.59. The molecule has 3 unspecified atom stereocenters. The highest BCUT2D eigenvalue weighted by Gasteiger charge is 2.55. The Balaban J connectivity index is 1.53. The molecule has 3 atom stereocenters. The van der Waals surface area contributed by atoms with Crippen molar-refractivity contribution in [3.63, 3.8) is 0 Å². The fraction of sp³-hybridized carbons (Fsp3) is 0.562. The van der Waals surface area contributed by atoms with Gasteiger partial charge in [-0.05, 0) is 49.8 Å². The van der Waals surface area contributed by atoms with Gasteiger partial charge in [0.25, 0.3) is 0 Å². The molecule has 2 aliphatic rings. The Morgan fingerprint density at radius 3 is 2.84 bits per heavy atom. The van der Waals surface area contributed by atoms with E-state index in [1.807, 2.05) is 11.3 Å². The average Bonchev–Trinajstić information content (AvgIpc) is 2.83. The van der Waals surface area contributed by atoms with Crippen LogP contribution in [0.5, 0.6) is 0 Å². The molecule has 4 rings (SSSR count). The van der Waals surface area contributed by atoms with Crippen molar-refractivity contribution in [3.05, 3.63) is 29.3 Å². The van der Waals surface area contributed by atoms with Gasteiger partial charge in [0.05, 0.1) is 15.2 Å². The summed E-state index contributed by atoms with van der Waals surface area (Å²) in [5.41, 5.74) is 1.16. The van der Waals surface area contributed by atoms with Crippen molar-refractivity contribution in [2.24, 2.45) is 17.8 Å². The molecule has 2 saturated carbocycles. The smallest absolute Gasteiger partial charge is 0.0954 e. The quantitative estimate of drug-likeness (QED) is 0.922. The summed E-state index contributed by atoms with van der Waals surface area (Å²) >= 11 is 1.86. The Bertz CT molecular complexity index is 548. The molecule has 2 aliphatic carbocycles. The number of aromatic nitrogens is 1. The number of benzene rings is 1. The zero-order valence-electron chi connectivity index (χ0n) is 11.3. The van der Waals surface area contributed by atoms with Gasteiger partial charge in [-0.25, -0.2) is 4.98 Å². The van der Waals surface area contributed by atoms with Crippen LogP contribution in [0, 0.1) is 17.8 Å². The molecule has 19 heavy (non-hydrogen) atoms. The van der Waals surface area contributed by atoms with Crippen LogP contribution < -0.4 is 5.32 Å². The topological polar surface area (TPSA) is 24.9 Å². The molecule has 3 heteroatoms. The van der Waals surface area contributed by atoms with E-state index in [0.29, 0.717) is 6.04 Å². The molecule has 0 amide bonds. The second-order valence-corrected chi connectivity index (χ2v) is 7.13. The van der Waals surface area contributed by atoms with Crippen LogP contribution in [0.4, 0.5) is 0 Å². The maximum Gasteiger partial charge on any atom is 0.0954 e. The van der Waals surface area contributed by atoms with Crippen LogP contribution in [-0.2, 0) is 6.42 Å². The Kier molecular flexibility index (Phi) is 2.85. The van der Waals surface area contributed by atoms with Gasteiger partial charge in [-0.2, -0.15) is 0 Å². The van der Waals surface area contributed by atoms with Crippen molar-refractivity contribution in [2.75, 3.05) is 7.05 Å². The van der Waals surface area contributed by atoms with Crippen molar-refractivity contribution >= 4 is 21.6 Å². The Morgan fingerprint density at radius 2 is 2.11 bits per heavy atom. The summed E-state index contributed by atoms with van der Waals surface area (Å²) in [6.07, 6.45) is 5.50. The average molecular weight is 272 g/mol. The molecule has 2 fully saturated rings. The second-order valence-electron chi connectivity index (χ2n) is 6.01. The summed E-state index contributed by atoms with van der Waals surface area (Å²) in [5.74, 6) is 2.96. The van der Waals surface area contributed by atoms with Gasteiger partial charge in [-0.1, -0.05) is 18.6 Å². The van der Waals surface area contributed by atoms with Gasteiger partial charge in [-0.15, -0.1) is 11.3 Å². The molecule has 1 heterocycles. The molecule has 2 nitrogen and oxygen atoms in total. The summed E-state index contributed by atoms with van der Waals surface area (Å²) in [7, 11) is 2.12. The standard InChI is InChI=1S/C16H20N2S/c1-17-13(16-10-5-4-6-11(10)16)9-15-18-12-7-2-3-8-14(12)19-15/h2-3,7-8,10-11,13,16-17H,4-6,9H2,1H3. The van der Waals surface area contributed by atoms with Gasteiger partial charge in [0.2, 0.25) is 0 Å². The first-order valence-electron chi connectivity index (χ1n) is 7.38. The molecule has 0 spiro atoms. The van der Waals surface area contributed by atoms with E-state index in [-0.39, 0.29) is 0 Å². The van der Waals surface area contributed by atoms with Crippen molar-refractivity contribution in [1.29, 1.82) is 0 Å². The first kappa shape index (κ1) is 11.9. The van der Waals surface area contributed by atoms with E-state index in [9.17, 15) is 0 Å². The lowest BCUT2D eigenvalue weighted by Gasteiger charge is -2.16. The van der Waals surface area contributed by atoms with E-state index < -0.39 is 0 Å². The van der Waals surface area contributed by atoms with Gasteiger partial charge in [0.15, 0.2) is 0 Å². The Hall–Kier alpha value is -0.930. The van der Waals surface area contributed by atoms with E-state index >= 15 is 0 Å². The Labute approximate surface area is 118 Å².